The number of furan rings is 1. The van der Waals surface area contributed by atoms with Gasteiger partial charge in [-0.2, -0.15) is 0 Å². The maximum absolute atomic E-state index is 12.9. The van der Waals surface area contributed by atoms with E-state index in [1.165, 1.54) is 0 Å². The molecule has 202 valence electrons. The molecule has 1 atom stereocenters. The van der Waals surface area contributed by atoms with Crippen molar-refractivity contribution in [2.45, 2.75) is 19.1 Å². The average molecular weight is 556 g/mol. The van der Waals surface area contributed by atoms with Crippen LogP contribution in [0.2, 0.25) is 5.02 Å². The van der Waals surface area contributed by atoms with Crippen molar-refractivity contribution in [3.8, 4) is 22.6 Å². The summed E-state index contributed by atoms with van der Waals surface area (Å²) in [7, 11) is 1.61. The number of fused-ring (bicyclic) bond motifs is 1. The van der Waals surface area contributed by atoms with Crippen LogP contribution in [0.25, 0.3) is 22.1 Å². The maximum Gasteiger partial charge on any atom is 0.326 e. The second kappa shape index (κ2) is 12.0. The molecule has 0 bridgehead atoms. The summed E-state index contributed by atoms with van der Waals surface area (Å²) in [6.07, 6.45) is 0.0954. The molecule has 1 amide bonds. The highest BCUT2D eigenvalue weighted by molar-refractivity contribution is 6.30. The van der Waals surface area contributed by atoms with Crippen molar-refractivity contribution in [3.63, 3.8) is 0 Å². The van der Waals surface area contributed by atoms with Gasteiger partial charge in [0.2, 0.25) is 0 Å². The first-order chi connectivity index (χ1) is 19.4. The predicted molar refractivity (Wildman–Crippen MR) is 153 cm³/mol. The van der Waals surface area contributed by atoms with Gasteiger partial charge in [-0.15, -0.1) is 0 Å². The second-order valence-electron chi connectivity index (χ2n) is 9.22. The van der Waals surface area contributed by atoms with Crippen molar-refractivity contribution in [1.82, 2.24) is 5.32 Å². The summed E-state index contributed by atoms with van der Waals surface area (Å²) in [5.74, 6) is -0.315. The van der Waals surface area contributed by atoms with Gasteiger partial charge in [0.1, 0.15) is 29.7 Å². The van der Waals surface area contributed by atoms with E-state index in [1.54, 1.807) is 49.6 Å². The third-order valence-corrected chi connectivity index (χ3v) is 6.68. The molecule has 40 heavy (non-hydrogen) atoms. The number of carbonyl (C=O) groups excluding carboxylic acids is 1. The molecule has 7 nitrogen and oxygen atoms in total. The fourth-order valence-corrected chi connectivity index (χ4v) is 4.41. The van der Waals surface area contributed by atoms with E-state index in [-0.39, 0.29) is 12.2 Å². The van der Waals surface area contributed by atoms with Crippen molar-refractivity contribution in [2.24, 2.45) is 0 Å². The first-order valence-electron chi connectivity index (χ1n) is 12.6. The van der Waals surface area contributed by atoms with E-state index >= 15 is 0 Å². The lowest BCUT2D eigenvalue weighted by atomic mass is 10.0. The number of hydrogen-bond acceptors (Lipinski definition) is 5. The lowest BCUT2D eigenvalue weighted by Gasteiger charge is -2.14. The van der Waals surface area contributed by atoms with Crippen LogP contribution in [0.1, 0.15) is 21.7 Å². The highest BCUT2D eigenvalue weighted by atomic mass is 35.5. The number of hydrogen-bond donors (Lipinski definition) is 2. The molecular weight excluding hydrogens is 530 g/mol. The molecule has 5 rings (SSSR count). The highest BCUT2D eigenvalue weighted by Gasteiger charge is 2.23. The van der Waals surface area contributed by atoms with Gasteiger partial charge < -0.3 is 24.3 Å². The molecule has 8 heteroatoms. The van der Waals surface area contributed by atoms with Crippen molar-refractivity contribution in [2.75, 3.05) is 7.11 Å². The smallest absolute Gasteiger partial charge is 0.326 e. The summed E-state index contributed by atoms with van der Waals surface area (Å²) >= 11 is 5.98. The van der Waals surface area contributed by atoms with Crippen LogP contribution >= 0.6 is 11.6 Å². The van der Waals surface area contributed by atoms with E-state index < -0.39 is 17.9 Å². The van der Waals surface area contributed by atoms with Gasteiger partial charge in [-0.05, 0) is 70.8 Å². The molecule has 4 aromatic carbocycles. The molecule has 0 fully saturated rings. The number of carbonyl (C=O) groups is 2. The Hall–Kier alpha value is -4.75. The summed E-state index contributed by atoms with van der Waals surface area (Å²) in [4.78, 5) is 24.9. The zero-order valence-corrected chi connectivity index (χ0v) is 22.4. The lowest BCUT2D eigenvalue weighted by Crippen LogP contribution is -2.42. The van der Waals surface area contributed by atoms with Crippen LogP contribution in [-0.2, 0) is 17.8 Å². The van der Waals surface area contributed by atoms with Crippen LogP contribution in [0.3, 0.4) is 0 Å². The second-order valence-corrected chi connectivity index (χ2v) is 9.66. The van der Waals surface area contributed by atoms with Crippen LogP contribution in [0, 0.1) is 0 Å². The maximum atomic E-state index is 12.9. The van der Waals surface area contributed by atoms with Gasteiger partial charge in [0, 0.05) is 16.8 Å². The van der Waals surface area contributed by atoms with E-state index in [1.807, 2.05) is 54.6 Å². The summed E-state index contributed by atoms with van der Waals surface area (Å²) in [5, 5.41) is 13.7. The van der Waals surface area contributed by atoms with Crippen molar-refractivity contribution in [1.29, 1.82) is 0 Å². The number of methoxy groups -OCH3 is 1. The molecule has 0 saturated carbocycles. The normalized spacial score (nSPS) is 11.7. The molecule has 1 aromatic heterocycles. The molecule has 0 aliphatic rings. The zero-order valence-electron chi connectivity index (χ0n) is 21.6. The molecule has 2 N–H and O–H groups in total. The highest BCUT2D eigenvalue weighted by Crippen LogP contribution is 2.28. The minimum Gasteiger partial charge on any atom is -0.497 e. The molecule has 1 heterocycles. The van der Waals surface area contributed by atoms with Crippen LogP contribution in [0.5, 0.6) is 11.5 Å². The number of carboxylic acids is 1. The Labute approximate surface area is 235 Å². The molecule has 0 radical (unpaired) electrons. The Morgan fingerprint density at radius 2 is 1.62 bits per heavy atom. The SMILES string of the molecule is COc1cccc(COc2ccc(C[C@H](NC(=O)c3cc4ccc(-c5ccc(Cl)cc5)cc4o3)C(=O)O)cc2)c1. The van der Waals surface area contributed by atoms with E-state index in [0.717, 1.165) is 33.4 Å². The summed E-state index contributed by atoms with van der Waals surface area (Å²) < 4.78 is 16.8. The third-order valence-electron chi connectivity index (χ3n) is 6.43. The van der Waals surface area contributed by atoms with Gasteiger partial charge in [0.05, 0.1) is 7.11 Å². The third kappa shape index (κ3) is 6.45. The Kier molecular flexibility index (Phi) is 8.03. The molecule has 0 saturated heterocycles. The zero-order chi connectivity index (χ0) is 28.1. The van der Waals surface area contributed by atoms with E-state index in [9.17, 15) is 14.7 Å². The number of halogens is 1. The first kappa shape index (κ1) is 26.8. The summed E-state index contributed by atoms with van der Waals surface area (Å²) in [6, 6.07) is 28.2. The lowest BCUT2D eigenvalue weighted by molar-refractivity contribution is -0.139. The minimum absolute atomic E-state index is 0.0378. The van der Waals surface area contributed by atoms with E-state index in [4.69, 9.17) is 25.5 Å². The number of benzene rings is 4. The van der Waals surface area contributed by atoms with Crippen LogP contribution < -0.4 is 14.8 Å². The van der Waals surface area contributed by atoms with Gasteiger partial charge in [-0.3, -0.25) is 4.79 Å². The molecule has 0 spiro atoms. The number of rotatable bonds is 10. The first-order valence-corrected chi connectivity index (χ1v) is 12.9. The monoisotopic (exact) mass is 555 g/mol. The number of ether oxygens (including phenoxy) is 2. The topological polar surface area (TPSA) is 98.0 Å². The predicted octanol–water partition coefficient (Wildman–Crippen LogP) is 6.77. The molecule has 0 unspecified atom stereocenters. The number of amides is 1. The van der Waals surface area contributed by atoms with Crippen LogP contribution in [-0.4, -0.2) is 30.1 Å². The van der Waals surface area contributed by atoms with Gasteiger partial charge in [0.25, 0.3) is 5.91 Å². The number of carboxylic acid groups (broad SMARTS) is 1. The number of aliphatic carboxylic acids is 1. The van der Waals surface area contributed by atoms with Gasteiger partial charge in [-0.1, -0.05) is 60.1 Å². The Morgan fingerprint density at radius 3 is 2.35 bits per heavy atom. The molecule has 0 aliphatic carbocycles. The fraction of sp³-hybridized carbons (Fsp3) is 0.125. The van der Waals surface area contributed by atoms with Gasteiger partial charge in [-0.25, -0.2) is 4.79 Å². The molecule has 0 aliphatic heterocycles. The summed E-state index contributed by atoms with van der Waals surface area (Å²) in [5.41, 5.74) is 4.08. The van der Waals surface area contributed by atoms with Crippen molar-refractivity contribution >= 4 is 34.4 Å². The van der Waals surface area contributed by atoms with Crippen molar-refractivity contribution < 1.29 is 28.6 Å². The van der Waals surface area contributed by atoms with Crippen LogP contribution in [0.4, 0.5) is 0 Å². The van der Waals surface area contributed by atoms with Crippen molar-refractivity contribution in [3.05, 3.63) is 119 Å². The Morgan fingerprint density at radius 1 is 0.875 bits per heavy atom. The van der Waals surface area contributed by atoms with E-state index in [2.05, 4.69) is 5.32 Å². The standard InChI is InChI=1S/C32H26ClNO6/c1-38-27-4-2-3-21(15-27)19-39-26-13-5-20(6-14-26)16-28(32(36)37)34-31(35)30-18-24-8-7-23(17-29(24)40-30)22-9-11-25(33)12-10-22/h2-15,17-18,28H,16,19H2,1H3,(H,34,35)(H,36,37)/t28-/m0/s1. The van der Waals surface area contributed by atoms with Gasteiger partial charge >= 0.3 is 5.97 Å². The Balaban J connectivity index is 1.22. The molecular formula is C32H26ClNO6. The quantitative estimate of drug-likeness (QED) is 0.197. The Bertz CT molecular complexity index is 1640. The minimum atomic E-state index is -1.15. The fourth-order valence-electron chi connectivity index (χ4n) is 4.28. The summed E-state index contributed by atoms with van der Waals surface area (Å²) in [6.45, 7) is 0.364. The molecule has 5 aromatic rings. The number of nitrogens with one attached hydrogen (secondary N) is 1. The van der Waals surface area contributed by atoms with Gasteiger partial charge in [0.15, 0.2) is 5.76 Å². The largest absolute Gasteiger partial charge is 0.497 e. The average Bonchev–Trinajstić information content (AvgIpc) is 3.41. The van der Waals surface area contributed by atoms with Crippen LogP contribution in [0.15, 0.2) is 101 Å². The van der Waals surface area contributed by atoms with E-state index in [0.29, 0.717) is 23.0 Å².